The van der Waals surface area contributed by atoms with Crippen molar-refractivity contribution in [3.05, 3.63) is 28.8 Å². The van der Waals surface area contributed by atoms with Gasteiger partial charge in [0.15, 0.2) is 0 Å². The number of phenolic OH excluding ortho intramolecular Hbond substituents is 1. The summed E-state index contributed by atoms with van der Waals surface area (Å²) in [6.45, 7) is 6.61. The highest BCUT2D eigenvalue weighted by Crippen LogP contribution is 2.25. The van der Waals surface area contributed by atoms with Crippen LogP contribution in [-0.2, 0) is 19.3 Å². The Morgan fingerprint density at radius 3 is 1.62 bits per heavy atom. The van der Waals surface area contributed by atoms with Crippen molar-refractivity contribution in [2.45, 2.75) is 59.3 Å². The number of benzene rings is 1. The fourth-order valence-electron chi connectivity index (χ4n) is 2.34. The first kappa shape index (κ1) is 13.1. The Labute approximate surface area is 99.5 Å². The molecule has 0 spiro atoms. The molecule has 0 fully saturated rings. The maximum Gasteiger partial charge on any atom is 0.116 e. The Morgan fingerprint density at radius 2 is 1.25 bits per heavy atom. The van der Waals surface area contributed by atoms with E-state index in [-0.39, 0.29) is 0 Å². The Morgan fingerprint density at radius 1 is 0.812 bits per heavy atom. The van der Waals surface area contributed by atoms with Crippen LogP contribution in [0.15, 0.2) is 12.1 Å². The first-order valence-corrected chi connectivity index (χ1v) is 6.56. The van der Waals surface area contributed by atoms with Gasteiger partial charge in [-0.25, -0.2) is 0 Å². The minimum Gasteiger partial charge on any atom is -0.508 e. The van der Waals surface area contributed by atoms with Crippen LogP contribution < -0.4 is 0 Å². The number of aromatic hydroxyl groups is 1. The molecule has 0 aromatic heterocycles. The molecule has 1 rings (SSSR count). The van der Waals surface area contributed by atoms with Crippen LogP contribution in [0.4, 0.5) is 0 Å². The van der Waals surface area contributed by atoms with Gasteiger partial charge in [-0.05, 0) is 48.1 Å². The molecular weight excluding hydrogens is 196 g/mol. The van der Waals surface area contributed by atoms with E-state index in [4.69, 9.17) is 0 Å². The van der Waals surface area contributed by atoms with E-state index < -0.39 is 0 Å². The van der Waals surface area contributed by atoms with E-state index >= 15 is 0 Å². The summed E-state index contributed by atoms with van der Waals surface area (Å²) in [5, 5.41) is 9.74. The van der Waals surface area contributed by atoms with Crippen LogP contribution in [0.2, 0.25) is 0 Å². The summed E-state index contributed by atoms with van der Waals surface area (Å²) in [6.07, 6.45) is 6.78. The van der Waals surface area contributed by atoms with E-state index in [0.717, 1.165) is 32.1 Å². The molecule has 0 saturated heterocycles. The molecule has 0 atom stereocenters. The van der Waals surface area contributed by atoms with Gasteiger partial charge in [-0.3, -0.25) is 0 Å². The van der Waals surface area contributed by atoms with Gasteiger partial charge in [0.25, 0.3) is 0 Å². The lowest BCUT2D eigenvalue weighted by atomic mass is 9.92. The van der Waals surface area contributed by atoms with Crippen LogP contribution in [0.3, 0.4) is 0 Å². The molecule has 0 aliphatic heterocycles. The fraction of sp³-hybridized carbons (Fsp3) is 0.600. The standard InChI is InChI=1S/C15H24O/c1-4-7-12-10-14(16)11-13(8-5-2)15(12)9-6-3/h10-11,16H,4-9H2,1-3H3. The lowest BCUT2D eigenvalue weighted by molar-refractivity contribution is 0.473. The Bertz CT molecular complexity index is 301. The van der Waals surface area contributed by atoms with Crippen molar-refractivity contribution < 1.29 is 5.11 Å². The lowest BCUT2D eigenvalue weighted by Crippen LogP contribution is -2.00. The van der Waals surface area contributed by atoms with Crippen LogP contribution in [-0.4, -0.2) is 5.11 Å². The van der Waals surface area contributed by atoms with E-state index in [9.17, 15) is 5.11 Å². The number of aryl methyl sites for hydroxylation is 2. The van der Waals surface area contributed by atoms with Gasteiger partial charge in [0.05, 0.1) is 0 Å². The molecule has 0 aliphatic rings. The molecule has 0 bridgehead atoms. The molecule has 1 aromatic carbocycles. The maximum atomic E-state index is 9.74. The summed E-state index contributed by atoms with van der Waals surface area (Å²) in [4.78, 5) is 0. The Balaban J connectivity index is 3.12. The van der Waals surface area contributed by atoms with Crippen molar-refractivity contribution >= 4 is 0 Å². The topological polar surface area (TPSA) is 20.2 Å². The Hall–Kier alpha value is -0.980. The van der Waals surface area contributed by atoms with Crippen molar-refractivity contribution in [3.8, 4) is 5.75 Å². The minimum atomic E-state index is 0.437. The van der Waals surface area contributed by atoms with Gasteiger partial charge < -0.3 is 5.11 Å². The average molecular weight is 220 g/mol. The summed E-state index contributed by atoms with van der Waals surface area (Å²) in [5.41, 5.74) is 4.20. The molecule has 1 aromatic rings. The number of hydrogen-bond donors (Lipinski definition) is 1. The zero-order valence-corrected chi connectivity index (χ0v) is 10.8. The monoisotopic (exact) mass is 220 g/mol. The van der Waals surface area contributed by atoms with E-state index in [1.54, 1.807) is 0 Å². The molecule has 1 nitrogen and oxygen atoms in total. The number of phenols is 1. The zero-order valence-electron chi connectivity index (χ0n) is 10.8. The normalized spacial score (nSPS) is 10.7. The average Bonchev–Trinajstić information content (AvgIpc) is 2.24. The van der Waals surface area contributed by atoms with Crippen molar-refractivity contribution in [2.24, 2.45) is 0 Å². The minimum absolute atomic E-state index is 0.437. The smallest absolute Gasteiger partial charge is 0.116 e. The van der Waals surface area contributed by atoms with Gasteiger partial charge in [0, 0.05) is 0 Å². The van der Waals surface area contributed by atoms with Crippen LogP contribution in [0.1, 0.15) is 56.7 Å². The summed E-state index contributed by atoms with van der Waals surface area (Å²) >= 11 is 0. The molecule has 90 valence electrons. The van der Waals surface area contributed by atoms with Gasteiger partial charge in [0.2, 0.25) is 0 Å². The molecule has 0 aliphatic carbocycles. The Kier molecular flexibility index (Phi) is 5.37. The molecular formula is C15H24O. The first-order valence-electron chi connectivity index (χ1n) is 6.56. The first-order chi connectivity index (χ1) is 7.72. The second-order valence-corrected chi connectivity index (χ2v) is 4.49. The summed E-state index contributed by atoms with van der Waals surface area (Å²) < 4.78 is 0. The lowest BCUT2D eigenvalue weighted by Gasteiger charge is -2.14. The van der Waals surface area contributed by atoms with Gasteiger partial charge in [-0.2, -0.15) is 0 Å². The molecule has 16 heavy (non-hydrogen) atoms. The van der Waals surface area contributed by atoms with Crippen LogP contribution in [0.5, 0.6) is 5.75 Å². The molecule has 1 heteroatoms. The van der Waals surface area contributed by atoms with Crippen molar-refractivity contribution in [2.75, 3.05) is 0 Å². The van der Waals surface area contributed by atoms with Gasteiger partial charge >= 0.3 is 0 Å². The largest absolute Gasteiger partial charge is 0.508 e. The SMILES string of the molecule is CCCc1cc(O)cc(CCC)c1CCC. The van der Waals surface area contributed by atoms with E-state index in [2.05, 4.69) is 20.8 Å². The van der Waals surface area contributed by atoms with E-state index in [1.165, 1.54) is 23.1 Å². The highest BCUT2D eigenvalue weighted by atomic mass is 16.3. The highest BCUT2D eigenvalue weighted by molar-refractivity contribution is 5.42. The predicted molar refractivity (Wildman–Crippen MR) is 70.1 cm³/mol. The van der Waals surface area contributed by atoms with Crippen LogP contribution in [0.25, 0.3) is 0 Å². The van der Waals surface area contributed by atoms with E-state index in [0.29, 0.717) is 5.75 Å². The zero-order chi connectivity index (χ0) is 12.0. The van der Waals surface area contributed by atoms with Crippen LogP contribution in [0, 0.1) is 0 Å². The van der Waals surface area contributed by atoms with Crippen molar-refractivity contribution in [1.29, 1.82) is 0 Å². The van der Waals surface area contributed by atoms with Crippen LogP contribution >= 0.6 is 0 Å². The van der Waals surface area contributed by atoms with Gasteiger partial charge in [-0.15, -0.1) is 0 Å². The summed E-state index contributed by atoms with van der Waals surface area (Å²) in [6, 6.07) is 3.90. The quantitative estimate of drug-likeness (QED) is 0.760. The van der Waals surface area contributed by atoms with E-state index in [1.807, 2.05) is 12.1 Å². The van der Waals surface area contributed by atoms with Crippen molar-refractivity contribution in [3.63, 3.8) is 0 Å². The molecule has 0 unspecified atom stereocenters. The molecule has 1 N–H and O–H groups in total. The molecule has 0 saturated carbocycles. The molecule has 0 heterocycles. The molecule has 0 radical (unpaired) electrons. The number of rotatable bonds is 6. The predicted octanol–water partition coefficient (Wildman–Crippen LogP) is 4.25. The third-order valence-corrected chi connectivity index (χ3v) is 2.96. The van der Waals surface area contributed by atoms with Gasteiger partial charge in [0.1, 0.15) is 5.75 Å². The third-order valence-electron chi connectivity index (χ3n) is 2.96. The summed E-state index contributed by atoms with van der Waals surface area (Å²) in [7, 11) is 0. The van der Waals surface area contributed by atoms with Gasteiger partial charge in [-0.1, -0.05) is 40.0 Å². The highest BCUT2D eigenvalue weighted by Gasteiger charge is 2.09. The maximum absolute atomic E-state index is 9.74. The molecule has 0 amide bonds. The van der Waals surface area contributed by atoms with Crippen molar-refractivity contribution in [1.82, 2.24) is 0 Å². The number of hydrogen-bond acceptors (Lipinski definition) is 1. The third kappa shape index (κ3) is 3.26. The fourth-order valence-corrected chi connectivity index (χ4v) is 2.34. The second kappa shape index (κ2) is 6.57. The second-order valence-electron chi connectivity index (χ2n) is 4.49. The summed E-state index contributed by atoms with van der Waals surface area (Å²) in [5.74, 6) is 0.437.